The summed E-state index contributed by atoms with van der Waals surface area (Å²) < 4.78 is 1.63. The van der Waals surface area contributed by atoms with Gasteiger partial charge in [-0.25, -0.2) is 14.7 Å². The van der Waals surface area contributed by atoms with E-state index < -0.39 is 6.09 Å². The lowest BCUT2D eigenvalue weighted by molar-refractivity contribution is 0.199. The van der Waals surface area contributed by atoms with Crippen molar-refractivity contribution in [3.05, 3.63) is 42.7 Å². The van der Waals surface area contributed by atoms with E-state index >= 15 is 0 Å². The zero-order valence-corrected chi connectivity index (χ0v) is 13.7. The molecule has 0 aliphatic heterocycles. The molecule has 1 aromatic carbocycles. The number of hydrogen-bond donors (Lipinski definition) is 1. The van der Waals surface area contributed by atoms with Crippen LogP contribution >= 0.6 is 0 Å². The highest BCUT2D eigenvalue weighted by atomic mass is 16.4. The average molecular weight is 326 g/mol. The van der Waals surface area contributed by atoms with Crippen molar-refractivity contribution in [1.82, 2.24) is 19.6 Å². The van der Waals surface area contributed by atoms with E-state index in [1.54, 1.807) is 30.6 Å². The molecule has 0 radical (unpaired) electrons. The molecule has 8 nitrogen and oxygen atoms in total. The SMILES string of the molecule is CC(C)N(C(=O)O)c1nnc2c(N(C)c3ccccc3)nccn12. The van der Waals surface area contributed by atoms with E-state index in [-0.39, 0.29) is 12.0 Å². The van der Waals surface area contributed by atoms with Gasteiger partial charge in [0.15, 0.2) is 5.82 Å². The number of fused-ring (bicyclic) bond motifs is 1. The van der Waals surface area contributed by atoms with Crippen LogP contribution in [-0.2, 0) is 0 Å². The largest absolute Gasteiger partial charge is 0.465 e. The van der Waals surface area contributed by atoms with Gasteiger partial charge >= 0.3 is 6.09 Å². The summed E-state index contributed by atoms with van der Waals surface area (Å²) in [4.78, 5) is 19.0. The van der Waals surface area contributed by atoms with E-state index in [9.17, 15) is 9.90 Å². The second-order valence-electron chi connectivity index (χ2n) is 5.59. The molecule has 0 saturated carbocycles. The molecule has 0 bridgehead atoms. The van der Waals surface area contributed by atoms with Crippen LogP contribution in [-0.4, -0.2) is 43.9 Å². The van der Waals surface area contributed by atoms with E-state index in [0.717, 1.165) is 5.69 Å². The van der Waals surface area contributed by atoms with Gasteiger partial charge in [0.2, 0.25) is 11.6 Å². The number of carboxylic acid groups (broad SMARTS) is 1. The molecule has 1 N–H and O–H groups in total. The summed E-state index contributed by atoms with van der Waals surface area (Å²) in [5.74, 6) is 0.842. The summed E-state index contributed by atoms with van der Waals surface area (Å²) in [6.45, 7) is 3.57. The number of anilines is 3. The Balaban J connectivity index is 2.12. The molecule has 3 rings (SSSR count). The molecule has 1 amide bonds. The highest BCUT2D eigenvalue weighted by Crippen LogP contribution is 2.26. The Hall–Kier alpha value is -3.16. The van der Waals surface area contributed by atoms with Crippen LogP contribution in [0.1, 0.15) is 13.8 Å². The fraction of sp³-hybridized carbons (Fsp3) is 0.250. The van der Waals surface area contributed by atoms with Crippen LogP contribution in [0.3, 0.4) is 0 Å². The Morgan fingerprint density at radius 2 is 1.92 bits per heavy atom. The van der Waals surface area contributed by atoms with E-state index in [1.165, 1.54) is 4.90 Å². The fourth-order valence-electron chi connectivity index (χ4n) is 2.51. The summed E-state index contributed by atoms with van der Waals surface area (Å²) in [5, 5.41) is 17.7. The smallest absolute Gasteiger partial charge is 0.414 e. The van der Waals surface area contributed by atoms with Gasteiger partial charge in [-0.1, -0.05) is 18.2 Å². The molecule has 2 aromatic heterocycles. The number of aromatic nitrogens is 4. The molecule has 0 saturated heterocycles. The van der Waals surface area contributed by atoms with Gasteiger partial charge in [-0.05, 0) is 26.0 Å². The predicted octanol–water partition coefficient (Wildman–Crippen LogP) is 2.79. The number of nitrogens with zero attached hydrogens (tertiary/aromatic N) is 6. The third-order valence-corrected chi connectivity index (χ3v) is 3.69. The van der Waals surface area contributed by atoms with Crippen LogP contribution in [0.2, 0.25) is 0 Å². The highest BCUT2D eigenvalue weighted by molar-refractivity contribution is 5.85. The molecule has 0 spiro atoms. The minimum absolute atomic E-state index is 0.248. The predicted molar refractivity (Wildman–Crippen MR) is 90.9 cm³/mol. The molecule has 0 fully saturated rings. The Labute approximate surface area is 139 Å². The summed E-state index contributed by atoms with van der Waals surface area (Å²) in [5.41, 5.74) is 1.44. The van der Waals surface area contributed by atoms with E-state index in [0.29, 0.717) is 11.5 Å². The van der Waals surface area contributed by atoms with Gasteiger partial charge in [0.1, 0.15) is 0 Å². The van der Waals surface area contributed by atoms with Crippen LogP contribution in [0.4, 0.5) is 22.2 Å². The van der Waals surface area contributed by atoms with Crippen molar-refractivity contribution in [3.63, 3.8) is 0 Å². The number of hydrogen-bond acceptors (Lipinski definition) is 5. The number of rotatable bonds is 4. The maximum absolute atomic E-state index is 11.5. The molecule has 0 atom stereocenters. The standard InChI is InChI=1S/C16H18N6O2/c1-11(2)22(16(23)24)15-19-18-14-13(17-9-10-21(14)15)20(3)12-7-5-4-6-8-12/h4-11H,1-3H3,(H,23,24). The quantitative estimate of drug-likeness (QED) is 0.793. The van der Waals surface area contributed by atoms with Gasteiger partial charge < -0.3 is 10.0 Å². The summed E-state index contributed by atoms with van der Waals surface area (Å²) in [6, 6.07) is 9.46. The first-order valence-corrected chi connectivity index (χ1v) is 7.51. The van der Waals surface area contributed by atoms with Crippen molar-refractivity contribution in [1.29, 1.82) is 0 Å². The van der Waals surface area contributed by atoms with Gasteiger partial charge in [-0.15, -0.1) is 10.2 Å². The molecule has 124 valence electrons. The molecule has 2 heterocycles. The third-order valence-electron chi connectivity index (χ3n) is 3.69. The zero-order chi connectivity index (χ0) is 17.3. The Morgan fingerprint density at radius 1 is 1.21 bits per heavy atom. The Morgan fingerprint density at radius 3 is 2.54 bits per heavy atom. The summed E-state index contributed by atoms with van der Waals surface area (Å²) in [7, 11) is 1.88. The molecule has 0 aliphatic rings. The monoisotopic (exact) mass is 326 g/mol. The number of amides is 1. The molecule has 24 heavy (non-hydrogen) atoms. The maximum Gasteiger partial charge on any atom is 0.414 e. The van der Waals surface area contributed by atoms with Crippen LogP contribution in [0.25, 0.3) is 5.65 Å². The van der Waals surface area contributed by atoms with E-state index in [2.05, 4.69) is 15.2 Å². The summed E-state index contributed by atoms with van der Waals surface area (Å²) in [6.07, 6.45) is 2.19. The van der Waals surface area contributed by atoms with Gasteiger partial charge in [-0.3, -0.25) is 4.40 Å². The average Bonchev–Trinajstić information content (AvgIpc) is 2.98. The van der Waals surface area contributed by atoms with Crippen molar-refractivity contribution in [2.24, 2.45) is 0 Å². The van der Waals surface area contributed by atoms with Gasteiger partial charge in [-0.2, -0.15) is 0 Å². The molecule has 0 aliphatic carbocycles. The third kappa shape index (κ3) is 2.62. The number of carbonyl (C=O) groups is 1. The second kappa shape index (κ2) is 6.15. The lowest BCUT2D eigenvalue weighted by atomic mass is 10.3. The molecular weight excluding hydrogens is 308 g/mol. The van der Waals surface area contributed by atoms with E-state index in [1.807, 2.05) is 42.3 Å². The first-order chi connectivity index (χ1) is 11.5. The minimum atomic E-state index is -1.07. The van der Waals surface area contributed by atoms with Crippen molar-refractivity contribution < 1.29 is 9.90 Å². The lowest BCUT2D eigenvalue weighted by Gasteiger charge is -2.21. The van der Waals surface area contributed by atoms with Crippen LogP contribution in [0.15, 0.2) is 42.7 Å². The lowest BCUT2D eigenvalue weighted by Crippen LogP contribution is -2.37. The minimum Gasteiger partial charge on any atom is -0.465 e. The first-order valence-electron chi connectivity index (χ1n) is 7.51. The number of para-hydroxylation sites is 1. The van der Waals surface area contributed by atoms with Crippen molar-refractivity contribution in [2.45, 2.75) is 19.9 Å². The van der Waals surface area contributed by atoms with Crippen LogP contribution in [0, 0.1) is 0 Å². The fourth-order valence-corrected chi connectivity index (χ4v) is 2.51. The van der Waals surface area contributed by atoms with Gasteiger partial charge in [0, 0.05) is 31.2 Å². The first kappa shape index (κ1) is 15.7. The van der Waals surface area contributed by atoms with Crippen molar-refractivity contribution in [2.75, 3.05) is 16.8 Å². The Bertz CT molecular complexity index is 861. The summed E-state index contributed by atoms with van der Waals surface area (Å²) >= 11 is 0. The van der Waals surface area contributed by atoms with Crippen LogP contribution < -0.4 is 9.80 Å². The zero-order valence-electron chi connectivity index (χ0n) is 13.7. The second-order valence-corrected chi connectivity index (χ2v) is 5.59. The normalized spacial score (nSPS) is 11.0. The van der Waals surface area contributed by atoms with Crippen molar-refractivity contribution in [3.8, 4) is 0 Å². The molecule has 8 heteroatoms. The van der Waals surface area contributed by atoms with Gasteiger partial charge in [0.25, 0.3) is 0 Å². The molecule has 3 aromatic rings. The topological polar surface area (TPSA) is 86.9 Å². The van der Waals surface area contributed by atoms with E-state index in [4.69, 9.17) is 0 Å². The number of benzene rings is 1. The maximum atomic E-state index is 11.5. The highest BCUT2D eigenvalue weighted by Gasteiger charge is 2.25. The van der Waals surface area contributed by atoms with Crippen molar-refractivity contribution >= 4 is 29.2 Å². The van der Waals surface area contributed by atoms with Gasteiger partial charge in [0.05, 0.1) is 0 Å². The Kier molecular flexibility index (Phi) is 4.03. The van der Waals surface area contributed by atoms with Crippen LogP contribution in [0.5, 0.6) is 0 Å². The molecular formula is C16H18N6O2. The molecule has 0 unspecified atom stereocenters.